The van der Waals surface area contributed by atoms with Crippen LogP contribution in [0.2, 0.25) is 0 Å². The van der Waals surface area contributed by atoms with Crippen molar-refractivity contribution in [1.29, 1.82) is 0 Å². The normalized spacial score (nSPS) is 9.76. The van der Waals surface area contributed by atoms with Gasteiger partial charge in [0.25, 0.3) is 0 Å². The summed E-state index contributed by atoms with van der Waals surface area (Å²) in [4.78, 5) is 0. The Hall–Kier alpha value is -4.01. The minimum Gasteiger partial charge on any atom is -0.374 e. The fourth-order valence-corrected chi connectivity index (χ4v) is 3.51. The van der Waals surface area contributed by atoms with Crippen molar-refractivity contribution in [2.45, 2.75) is 13.8 Å². The van der Waals surface area contributed by atoms with E-state index in [4.69, 9.17) is 0 Å². The van der Waals surface area contributed by atoms with Crippen LogP contribution in [-0.4, -0.2) is 9.13 Å². The van der Waals surface area contributed by atoms with Gasteiger partial charge in [-0.15, -0.1) is 12.1 Å². The van der Waals surface area contributed by atoms with E-state index in [0.29, 0.717) is 0 Å². The molecule has 0 aliphatic heterocycles. The third-order valence-electron chi connectivity index (χ3n) is 5.45. The molecule has 0 bridgehead atoms. The molecule has 0 N–H and O–H groups in total. The van der Waals surface area contributed by atoms with Gasteiger partial charge in [0.2, 0.25) is 0 Å². The Morgan fingerprint density at radius 1 is 0.488 bits per heavy atom. The molecule has 41 heavy (non-hydrogen) atoms. The average molecular weight is 598 g/mol. The van der Waals surface area contributed by atoms with E-state index in [1.165, 1.54) is 23.0 Å². The van der Waals surface area contributed by atoms with E-state index < -0.39 is 34.9 Å². The molecule has 0 radical (unpaired) electrons. The maximum atomic E-state index is 13.4. The number of nitrogens with zero attached hydrogens (tertiary/aromatic N) is 2. The maximum Gasteiger partial charge on any atom is 4.00 e. The molecule has 9 heteroatoms. The Morgan fingerprint density at radius 3 is 1.02 bits per heavy atom. The minimum atomic E-state index is -1.29. The van der Waals surface area contributed by atoms with E-state index in [9.17, 15) is 26.3 Å². The molecule has 2 aromatic heterocycles. The van der Waals surface area contributed by atoms with E-state index in [-0.39, 0.29) is 44.2 Å². The molecular weight excluding hydrogens is 574 g/mol. The summed E-state index contributed by atoms with van der Waals surface area (Å²) in [7, 11) is 0. The molecule has 0 unspecified atom stereocenters. The van der Waals surface area contributed by atoms with Gasteiger partial charge in [0.15, 0.2) is 0 Å². The molecule has 0 atom stereocenters. The van der Waals surface area contributed by atoms with Crippen LogP contribution in [-0.2, 0) is 21.7 Å². The Labute approximate surface area is 249 Å². The third-order valence-corrected chi connectivity index (χ3v) is 5.45. The zero-order valence-electron chi connectivity index (χ0n) is 22.1. The standard InChI is InChI=1S/2C11H7F3N.2C5H5.Ti/c2*1-7-10(14)8(12)6-9(13)11(7)15-4-2-3-5-15;2*1-2-4-5-3-1;/h2*2-5H,1H3;2*1-5H;/q4*-1;+4. The van der Waals surface area contributed by atoms with Crippen molar-refractivity contribution < 1.29 is 48.1 Å². The number of aromatic nitrogens is 2. The molecule has 0 amide bonds. The smallest absolute Gasteiger partial charge is 0.374 e. The van der Waals surface area contributed by atoms with E-state index in [1.54, 1.807) is 61.2 Å². The molecule has 6 rings (SSSR count). The average Bonchev–Trinajstić information content (AvgIpc) is 3.75. The Kier molecular flexibility index (Phi) is 13.2. The zero-order chi connectivity index (χ0) is 29.1. The van der Waals surface area contributed by atoms with Crippen LogP contribution in [0.25, 0.3) is 11.4 Å². The molecule has 0 aliphatic rings. The van der Waals surface area contributed by atoms with Gasteiger partial charge in [0.1, 0.15) is 0 Å². The monoisotopic (exact) mass is 598 g/mol. The first-order valence-corrected chi connectivity index (χ1v) is 11.9. The second kappa shape index (κ2) is 16.3. The Balaban J connectivity index is 0.000000211. The van der Waals surface area contributed by atoms with Gasteiger partial charge in [-0.05, 0) is 60.4 Å². The minimum absolute atomic E-state index is 0. The van der Waals surface area contributed by atoms with Crippen molar-refractivity contribution in [3.05, 3.63) is 168 Å². The van der Waals surface area contributed by atoms with Crippen LogP contribution in [0.15, 0.2) is 110 Å². The van der Waals surface area contributed by atoms with Gasteiger partial charge in [-0.1, -0.05) is 25.0 Å². The number of rotatable bonds is 2. The molecule has 0 spiro atoms. The van der Waals surface area contributed by atoms with Crippen LogP contribution in [0.5, 0.6) is 0 Å². The second-order valence-electron chi connectivity index (χ2n) is 8.19. The number of benzene rings is 2. The van der Waals surface area contributed by atoms with Crippen molar-refractivity contribution in [2.24, 2.45) is 0 Å². The molecule has 0 saturated carbocycles. The molecule has 0 saturated heterocycles. The SMILES string of the molecule is Cc1c(F)c(F)[c-]c(F)c1-n1cccc1.Cc1c(F)c(F)[c-]c(F)c1-n1cccc1.[Ti+4].c1cc[cH-]c1.c1cc[cH-]c1. The predicted octanol–water partition coefficient (Wildman–Crippen LogP) is 8.81. The van der Waals surface area contributed by atoms with Gasteiger partial charge in [0.05, 0.1) is 0 Å². The van der Waals surface area contributed by atoms with Crippen molar-refractivity contribution >= 4 is 0 Å². The fourth-order valence-electron chi connectivity index (χ4n) is 3.51. The predicted molar refractivity (Wildman–Crippen MR) is 143 cm³/mol. The van der Waals surface area contributed by atoms with Crippen LogP contribution >= 0.6 is 0 Å². The zero-order valence-corrected chi connectivity index (χ0v) is 23.6. The van der Waals surface area contributed by atoms with Gasteiger partial charge < -0.3 is 9.13 Å². The van der Waals surface area contributed by atoms with Crippen LogP contribution in [0, 0.1) is 60.9 Å². The van der Waals surface area contributed by atoms with Gasteiger partial charge >= 0.3 is 21.7 Å². The van der Waals surface area contributed by atoms with Crippen LogP contribution in [0.1, 0.15) is 11.1 Å². The number of halogens is 6. The Morgan fingerprint density at radius 2 is 0.780 bits per heavy atom. The summed E-state index contributed by atoms with van der Waals surface area (Å²) in [6, 6.07) is 30.1. The van der Waals surface area contributed by atoms with Crippen molar-refractivity contribution in [3.63, 3.8) is 0 Å². The van der Waals surface area contributed by atoms with Gasteiger partial charge in [-0.3, -0.25) is 8.78 Å². The molecule has 2 heterocycles. The van der Waals surface area contributed by atoms with Crippen molar-refractivity contribution in [3.8, 4) is 11.4 Å². The first-order valence-electron chi connectivity index (χ1n) is 11.9. The van der Waals surface area contributed by atoms with Crippen LogP contribution < -0.4 is 0 Å². The summed E-state index contributed by atoms with van der Waals surface area (Å²) in [5, 5.41) is 0. The van der Waals surface area contributed by atoms with Gasteiger partial charge in [-0.25, -0.2) is 41.8 Å². The number of hydrogen-bond acceptors (Lipinski definition) is 0. The first-order chi connectivity index (χ1) is 19.2. The molecule has 208 valence electrons. The van der Waals surface area contributed by atoms with E-state index in [0.717, 1.165) is 0 Å². The number of hydrogen-bond donors (Lipinski definition) is 0. The van der Waals surface area contributed by atoms with Crippen LogP contribution in [0.4, 0.5) is 26.3 Å². The quantitative estimate of drug-likeness (QED) is 0.0816. The molecule has 2 nitrogen and oxygen atoms in total. The maximum absolute atomic E-state index is 13.4. The topological polar surface area (TPSA) is 9.86 Å². The summed E-state index contributed by atoms with van der Waals surface area (Å²) in [5.41, 5.74) is -0.169. The van der Waals surface area contributed by atoms with Gasteiger partial charge in [-0.2, -0.15) is 36.4 Å². The van der Waals surface area contributed by atoms with Crippen molar-refractivity contribution in [2.75, 3.05) is 0 Å². The molecule has 4 aromatic carbocycles. The third kappa shape index (κ3) is 9.00. The summed E-state index contributed by atoms with van der Waals surface area (Å²) >= 11 is 0. The molecule has 6 aromatic rings. The van der Waals surface area contributed by atoms with E-state index in [1.807, 2.05) is 60.7 Å². The van der Waals surface area contributed by atoms with E-state index in [2.05, 4.69) is 0 Å². The summed E-state index contributed by atoms with van der Waals surface area (Å²) in [6.45, 7) is 2.65. The van der Waals surface area contributed by atoms with Crippen molar-refractivity contribution in [1.82, 2.24) is 9.13 Å². The first kappa shape index (κ1) is 33.2. The Bertz CT molecular complexity index is 1400. The molecule has 0 aliphatic carbocycles. The fraction of sp³-hybridized carbons (Fsp3) is 0.0625. The molecule has 0 fully saturated rings. The second-order valence-corrected chi connectivity index (χ2v) is 8.19. The summed E-state index contributed by atoms with van der Waals surface area (Å²) < 4.78 is 81.4. The summed E-state index contributed by atoms with van der Waals surface area (Å²) in [5.74, 6) is -6.52. The van der Waals surface area contributed by atoms with Crippen LogP contribution in [0.3, 0.4) is 0 Å². The largest absolute Gasteiger partial charge is 4.00 e. The summed E-state index contributed by atoms with van der Waals surface area (Å²) in [6.07, 6.45) is 6.21. The van der Waals surface area contributed by atoms with E-state index >= 15 is 0 Å². The van der Waals surface area contributed by atoms with Gasteiger partial charge in [0, 0.05) is 34.9 Å². The molecular formula is C32H24F6N2Ti.